The summed E-state index contributed by atoms with van der Waals surface area (Å²) in [5, 5.41) is 0. The van der Waals surface area contributed by atoms with E-state index in [9.17, 15) is 0 Å². The van der Waals surface area contributed by atoms with Gasteiger partial charge in [0.1, 0.15) is 5.75 Å². The van der Waals surface area contributed by atoms with Crippen LogP contribution in [0.15, 0.2) is 36.4 Å². The standard InChI is InChI=1S/C25H40O/c1-3-5-7-10-22-13-15-23(16-14-22)11-8-9-12-24-17-19-25(20-18-24)26-21-6-4-2/h8,11,17-20,22-23H,3-7,9-10,12-16,21H2,1-2H3/b11-8+/t22-,23-. The highest BCUT2D eigenvalue weighted by Gasteiger charge is 2.18. The van der Waals surface area contributed by atoms with Crippen molar-refractivity contribution in [2.75, 3.05) is 6.61 Å². The maximum absolute atomic E-state index is 5.73. The van der Waals surface area contributed by atoms with Gasteiger partial charge in [-0.3, -0.25) is 0 Å². The average Bonchev–Trinajstić information content (AvgIpc) is 2.68. The first-order valence-corrected chi connectivity index (χ1v) is 11.2. The second-order valence-electron chi connectivity index (χ2n) is 8.09. The maximum Gasteiger partial charge on any atom is 0.119 e. The fourth-order valence-corrected chi connectivity index (χ4v) is 3.98. The molecular weight excluding hydrogens is 316 g/mol. The third kappa shape index (κ3) is 8.43. The molecule has 0 spiro atoms. The maximum atomic E-state index is 5.73. The Morgan fingerprint density at radius 1 is 0.923 bits per heavy atom. The van der Waals surface area contributed by atoms with Crippen molar-refractivity contribution in [1.29, 1.82) is 0 Å². The molecule has 0 aliphatic heterocycles. The lowest BCUT2D eigenvalue weighted by Crippen LogP contribution is -2.13. The summed E-state index contributed by atoms with van der Waals surface area (Å²) in [4.78, 5) is 0. The smallest absolute Gasteiger partial charge is 0.119 e. The molecular formula is C25H40O. The van der Waals surface area contributed by atoms with Crippen LogP contribution in [0.5, 0.6) is 5.75 Å². The molecule has 1 aliphatic carbocycles. The minimum Gasteiger partial charge on any atom is -0.494 e. The predicted molar refractivity (Wildman–Crippen MR) is 114 cm³/mol. The second-order valence-corrected chi connectivity index (χ2v) is 8.09. The normalized spacial score (nSPS) is 20.5. The van der Waals surface area contributed by atoms with Crippen LogP contribution in [-0.2, 0) is 6.42 Å². The van der Waals surface area contributed by atoms with Crippen molar-refractivity contribution >= 4 is 0 Å². The molecule has 26 heavy (non-hydrogen) atoms. The van der Waals surface area contributed by atoms with Gasteiger partial charge < -0.3 is 4.74 Å². The van der Waals surface area contributed by atoms with Gasteiger partial charge in [-0.05, 0) is 74.5 Å². The minimum absolute atomic E-state index is 0.833. The van der Waals surface area contributed by atoms with Crippen molar-refractivity contribution < 1.29 is 4.74 Å². The van der Waals surface area contributed by atoms with Crippen LogP contribution in [0.3, 0.4) is 0 Å². The summed E-state index contributed by atoms with van der Waals surface area (Å²) < 4.78 is 5.73. The van der Waals surface area contributed by atoms with Crippen molar-refractivity contribution in [3.05, 3.63) is 42.0 Å². The highest BCUT2D eigenvalue weighted by atomic mass is 16.5. The average molecular weight is 357 g/mol. The Morgan fingerprint density at radius 3 is 2.35 bits per heavy atom. The van der Waals surface area contributed by atoms with Crippen LogP contribution >= 0.6 is 0 Å². The molecule has 0 saturated heterocycles. The second kappa shape index (κ2) is 13.0. The van der Waals surface area contributed by atoms with E-state index in [-0.39, 0.29) is 0 Å². The van der Waals surface area contributed by atoms with E-state index in [1.54, 1.807) is 0 Å². The zero-order valence-corrected chi connectivity index (χ0v) is 17.2. The van der Waals surface area contributed by atoms with Crippen LogP contribution in [0.1, 0.15) is 90.0 Å². The zero-order valence-electron chi connectivity index (χ0n) is 17.2. The van der Waals surface area contributed by atoms with Gasteiger partial charge in [0.25, 0.3) is 0 Å². The van der Waals surface area contributed by atoms with E-state index in [1.807, 2.05) is 0 Å². The van der Waals surface area contributed by atoms with E-state index in [1.165, 1.54) is 63.4 Å². The van der Waals surface area contributed by atoms with Crippen molar-refractivity contribution in [2.45, 2.75) is 90.9 Å². The summed E-state index contributed by atoms with van der Waals surface area (Å²) in [5.41, 5.74) is 1.41. The van der Waals surface area contributed by atoms with E-state index < -0.39 is 0 Å². The fourth-order valence-electron chi connectivity index (χ4n) is 3.98. The summed E-state index contributed by atoms with van der Waals surface area (Å²) in [6, 6.07) is 8.68. The SMILES string of the molecule is CCCCC[C@H]1CC[C@H](/C=C/CCc2ccc(OCCCC)cc2)CC1. The molecule has 1 nitrogen and oxygen atoms in total. The molecule has 1 fully saturated rings. The molecule has 1 aromatic carbocycles. The summed E-state index contributed by atoms with van der Waals surface area (Å²) in [5.74, 6) is 2.87. The van der Waals surface area contributed by atoms with Crippen LogP contribution in [0.4, 0.5) is 0 Å². The van der Waals surface area contributed by atoms with Gasteiger partial charge in [0, 0.05) is 0 Å². The number of hydrogen-bond donors (Lipinski definition) is 0. The quantitative estimate of drug-likeness (QED) is 0.275. The van der Waals surface area contributed by atoms with E-state index in [2.05, 4.69) is 50.3 Å². The molecule has 0 unspecified atom stereocenters. The van der Waals surface area contributed by atoms with E-state index in [0.29, 0.717) is 0 Å². The van der Waals surface area contributed by atoms with Crippen molar-refractivity contribution in [1.82, 2.24) is 0 Å². The Labute approximate surface area is 162 Å². The van der Waals surface area contributed by atoms with Crippen molar-refractivity contribution in [3.8, 4) is 5.75 Å². The number of ether oxygens (including phenoxy) is 1. The monoisotopic (exact) mass is 356 g/mol. The van der Waals surface area contributed by atoms with Gasteiger partial charge >= 0.3 is 0 Å². The Hall–Kier alpha value is -1.24. The van der Waals surface area contributed by atoms with Gasteiger partial charge in [-0.1, -0.05) is 70.2 Å². The molecule has 2 rings (SSSR count). The molecule has 0 heterocycles. The summed E-state index contributed by atoms with van der Waals surface area (Å²) in [7, 11) is 0. The van der Waals surface area contributed by atoms with Gasteiger partial charge in [0.2, 0.25) is 0 Å². The van der Waals surface area contributed by atoms with Crippen molar-refractivity contribution in [2.24, 2.45) is 11.8 Å². The molecule has 146 valence electrons. The van der Waals surface area contributed by atoms with Crippen LogP contribution in [0.2, 0.25) is 0 Å². The summed E-state index contributed by atoms with van der Waals surface area (Å²) in [6.07, 6.45) is 21.0. The molecule has 0 radical (unpaired) electrons. The number of aryl methyl sites for hydroxylation is 1. The summed E-state index contributed by atoms with van der Waals surface area (Å²) in [6.45, 7) is 5.33. The van der Waals surface area contributed by atoms with E-state index >= 15 is 0 Å². The number of unbranched alkanes of at least 4 members (excludes halogenated alkanes) is 3. The summed E-state index contributed by atoms with van der Waals surface area (Å²) >= 11 is 0. The number of hydrogen-bond acceptors (Lipinski definition) is 1. The molecule has 0 atom stereocenters. The van der Waals surface area contributed by atoms with Gasteiger partial charge in [0.05, 0.1) is 6.61 Å². The van der Waals surface area contributed by atoms with Crippen LogP contribution in [-0.4, -0.2) is 6.61 Å². The van der Waals surface area contributed by atoms with Gasteiger partial charge in [-0.25, -0.2) is 0 Å². The molecule has 1 aromatic rings. The van der Waals surface area contributed by atoms with E-state index in [0.717, 1.165) is 43.5 Å². The van der Waals surface area contributed by atoms with E-state index in [4.69, 9.17) is 4.74 Å². The highest BCUT2D eigenvalue weighted by Crippen LogP contribution is 2.32. The molecule has 0 amide bonds. The lowest BCUT2D eigenvalue weighted by Gasteiger charge is -2.26. The number of allylic oxidation sites excluding steroid dienone is 2. The van der Waals surface area contributed by atoms with Crippen molar-refractivity contribution in [3.63, 3.8) is 0 Å². The molecule has 1 aliphatic rings. The first kappa shape index (κ1) is 21.1. The Bertz CT molecular complexity index is 479. The highest BCUT2D eigenvalue weighted by molar-refractivity contribution is 5.27. The van der Waals surface area contributed by atoms with Gasteiger partial charge in [-0.2, -0.15) is 0 Å². The fraction of sp³-hybridized carbons (Fsp3) is 0.680. The third-order valence-electron chi connectivity index (χ3n) is 5.81. The number of benzene rings is 1. The lowest BCUT2D eigenvalue weighted by molar-refractivity contribution is 0.289. The first-order valence-electron chi connectivity index (χ1n) is 11.2. The number of rotatable bonds is 12. The van der Waals surface area contributed by atoms with Crippen LogP contribution in [0, 0.1) is 11.8 Å². The molecule has 0 aromatic heterocycles. The Kier molecular flexibility index (Phi) is 10.5. The van der Waals surface area contributed by atoms with Gasteiger partial charge in [0.15, 0.2) is 0 Å². The third-order valence-corrected chi connectivity index (χ3v) is 5.81. The van der Waals surface area contributed by atoms with Gasteiger partial charge in [-0.15, -0.1) is 0 Å². The molecule has 0 bridgehead atoms. The lowest BCUT2D eigenvalue weighted by atomic mass is 9.79. The minimum atomic E-state index is 0.833. The first-order chi connectivity index (χ1) is 12.8. The predicted octanol–water partition coefficient (Wildman–Crippen LogP) is 7.74. The zero-order chi connectivity index (χ0) is 18.5. The molecule has 1 heteroatoms. The molecule has 1 saturated carbocycles. The molecule has 0 N–H and O–H groups in total. The van der Waals surface area contributed by atoms with Crippen LogP contribution in [0.25, 0.3) is 0 Å². The largest absolute Gasteiger partial charge is 0.494 e. The van der Waals surface area contributed by atoms with Crippen LogP contribution < -0.4 is 4.74 Å². The topological polar surface area (TPSA) is 9.23 Å². The Morgan fingerprint density at radius 2 is 1.65 bits per heavy atom. The Balaban J connectivity index is 1.59.